The van der Waals surface area contributed by atoms with Gasteiger partial charge in [-0.2, -0.15) is 5.10 Å². The Morgan fingerprint density at radius 1 is 1.00 bits per heavy atom. The topological polar surface area (TPSA) is 41.5 Å². The Kier molecular flexibility index (Phi) is 6.55. The number of nitrogens with one attached hydrogen (secondary N) is 1. The Balaban J connectivity index is 2.11. The van der Waals surface area contributed by atoms with E-state index in [0.717, 1.165) is 42.5 Å². The number of hydrogen-bond donors (Lipinski definition) is 1. The summed E-state index contributed by atoms with van der Waals surface area (Å²) in [6, 6.07) is 17.6. The maximum absolute atomic E-state index is 12.2. The number of hydrogen-bond acceptors (Lipinski definition) is 2. The molecule has 0 saturated heterocycles. The SMILES string of the molecule is CCCCC/C(=N\NC(=O)c1cccc(C)c1)c1ccccc1. The van der Waals surface area contributed by atoms with Gasteiger partial charge in [0.25, 0.3) is 5.91 Å². The second kappa shape index (κ2) is 8.89. The van der Waals surface area contributed by atoms with Crippen LogP contribution in [-0.4, -0.2) is 11.6 Å². The first-order valence-electron chi connectivity index (χ1n) is 8.19. The summed E-state index contributed by atoms with van der Waals surface area (Å²) in [6.45, 7) is 4.15. The summed E-state index contributed by atoms with van der Waals surface area (Å²) in [5.74, 6) is -0.169. The highest BCUT2D eigenvalue weighted by Gasteiger charge is 2.07. The van der Waals surface area contributed by atoms with Crippen LogP contribution in [0.3, 0.4) is 0 Å². The summed E-state index contributed by atoms with van der Waals surface area (Å²) in [5.41, 5.74) is 6.39. The van der Waals surface area contributed by atoms with Crippen molar-refractivity contribution in [1.82, 2.24) is 5.43 Å². The van der Waals surface area contributed by atoms with E-state index in [-0.39, 0.29) is 5.91 Å². The summed E-state index contributed by atoms with van der Waals surface area (Å²) in [4.78, 5) is 12.2. The van der Waals surface area contributed by atoms with Gasteiger partial charge in [-0.15, -0.1) is 0 Å². The van der Waals surface area contributed by atoms with Crippen molar-refractivity contribution in [2.75, 3.05) is 0 Å². The summed E-state index contributed by atoms with van der Waals surface area (Å²) >= 11 is 0. The lowest BCUT2D eigenvalue weighted by Gasteiger charge is -2.08. The molecule has 3 heteroatoms. The molecule has 2 rings (SSSR count). The van der Waals surface area contributed by atoms with E-state index in [4.69, 9.17) is 0 Å². The van der Waals surface area contributed by atoms with Crippen molar-refractivity contribution in [2.24, 2.45) is 5.10 Å². The number of unbranched alkanes of at least 4 members (excludes halogenated alkanes) is 2. The van der Waals surface area contributed by atoms with Crippen LogP contribution in [0.15, 0.2) is 59.7 Å². The number of aryl methyl sites for hydroxylation is 1. The fourth-order valence-corrected chi connectivity index (χ4v) is 2.41. The van der Waals surface area contributed by atoms with Crippen molar-refractivity contribution in [1.29, 1.82) is 0 Å². The Hall–Kier alpha value is -2.42. The fourth-order valence-electron chi connectivity index (χ4n) is 2.41. The molecule has 1 N–H and O–H groups in total. The van der Waals surface area contributed by atoms with Crippen molar-refractivity contribution >= 4 is 11.6 Å². The minimum Gasteiger partial charge on any atom is -0.267 e. The zero-order valence-corrected chi connectivity index (χ0v) is 13.9. The zero-order valence-electron chi connectivity index (χ0n) is 13.9. The van der Waals surface area contributed by atoms with E-state index in [1.165, 1.54) is 0 Å². The van der Waals surface area contributed by atoms with Gasteiger partial charge in [0.2, 0.25) is 0 Å². The first-order chi connectivity index (χ1) is 11.2. The van der Waals surface area contributed by atoms with Crippen molar-refractivity contribution < 1.29 is 4.79 Å². The van der Waals surface area contributed by atoms with Crippen LogP contribution in [0.25, 0.3) is 0 Å². The summed E-state index contributed by atoms with van der Waals surface area (Å²) in [5, 5.41) is 4.39. The molecule has 1 amide bonds. The van der Waals surface area contributed by atoms with Gasteiger partial charge in [0, 0.05) is 5.56 Å². The first kappa shape index (κ1) is 16.9. The van der Waals surface area contributed by atoms with Crippen molar-refractivity contribution in [2.45, 2.75) is 39.5 Å². The molecule has 0 aliphatic heterocycles. The molecular weight excluding hydrogens is 284 g/mol. The average molecular weight is 308 g/mol. The Morgan fingerprint density at radius 2 is 1.74 bits per heavy atom. The maximum atomic E-state index is 12.2. The van der Waals surface area contributed by atoms with Gasteiger partial charge in [-0.25, -0.2) is 5.43 Å². The third-order valence-electron chi connectivity index (χ3n) is 3.70. The lowest BCUT2D eigenvalue weighted by atomic mass is 10.0. The largest absolute Gasteiger partial charge is 0.271 e. The van der Waals surface area contributed by atoms with E-state index in [9.17, 15) is 4.79 Å². The van der Waals surface area contributed by atoms with E-state index in [1.54, 1.807) is 6.07 Å². The van der Waals surface area contributed by atoms with Crippen molar-refractivity contribution in [3.05, 3.63) is 71.3 Å². The average Bonchev–Trinajstić information content (AvgIpc) is 2.58. The van der Waals surface area contributed by atoms with Gasteiger partial charge in [0.05, 0.1) is 5.71 Å². The van der Waals surface area contributed by atoms with Crippen LogP contribution in [0.5, 0.6) is 0 Å². The molecule has 0 atom stereocenters. The molecule has 23 heavy (non-hydrogen) atoms. The smallest absolute Gasteiger partial charge is 0.267 e. The number of nitrogens with zero attached hydrogens (tertiary/aromatic N) is 1. The normalized spacial score (nSPS) is 11.3. The van der Waals surface area contributed by atoms with Gasteiger partial charge in [-0.1, -0.05) is 67.8 Å². The van der Waals surface area contributed by atoms with Crippen LogP contribution in [0, 0.1) is 6.92 Å². The molecule has 0 saturated carbocycles. The number of rotatable bonds is 7. The van der Waals surface area contributed by atoms with E-state index in [2.05, 4.69) is 17.5 Å². The Morgan fingerprint density at radius 3 is 2.43 bits per heavy atom. The van der Waals surface area contributed by atoms with Gasteiger partial charge in [0.15, 0.2) is 0 Å². The first-order valence-corrected chi connectivity index (χ1v) is 8.19. The van der Waals surface area contributed by atoms with E-state index >= 15 is 0 Å². The fraction of sp³-hybridized carbons (Fsp3) is 0.300. The minimum atomic E-state index is -0.169. The lowest BCUT2D eigenvalue weighted by Crippen LogP contribution is -2.20. The molecule has 0 heterocycles. The molecule has 0 radical (unpaired) electrons. The highest BCUT2D eigenvalue weighted by atomic mass is 16.2. The molecule has 0 fully saturated rings. The third kappa shape index (κ3) is 5.37. The van der Waals surface area contributed by atoms with Crippen molar-refractivity contribution in [3.8, 4) is 0 Å². The Labute approximate surface area is 138 Å². The predicted octanol–water partition coefficient (Wildman–Crippen LogP) is 4.71. The van der Waals surface area contributed by atoms with Crippen LogP contribution >= 0.6 is 0 Å². The molecular formula is C20H24N2O. The minimum absolute atomic E-state index is 0.169. The molecule has 0 spiro atoms. The molecule has 2 aromatic rings. The molecule has 0 aromatic heterocycles. The molecule has 0 unspecified atom stereocenters. The number of amides is 1. The predicted molar refractivity (Wildman–Crippen MR) is 95.8 cm³/mol. The quantitative estimate of drug-likeness (QED) is 0.449. The van der Waals surface area contributed by atoms with Gasteiger partial charge in [-0.05, 0) is 37.5 Å². The number of benzene rings is 2. The van der Waals surface area contributed by atoms with Gasteiger partial charge in [-0.3, -0.25) is 4.79 Å². The molecule has 3 nitrogen and oxygen atoms in total. The van der Waals surface area contributed by atoms with Crippen molar-refractivity contribution in [3.63, 3.8) is 0 Å². The van der Waals surface area contributed by atoms with E-state index in [0.29, 0.717) is 5.56 Å². The summed E-state index contributed by atoms with van der Waals surface area (Å²) in [7, 11) is 0. The molecule has 2 aromatic carbocycles. The molecule has 0 bridgehead atoms. The van der Waals surface area contributed by atoms with E-state index in [1.807, 2.05) is 55.5 Å². The molecule has 120 valence electrons. The van der Waals surface area contributed by atoms with Gasteiger partial charge < -0.3 is 0 Å². The third-order valence-corrected chi connectivity index (χ3v) is 3.70. The standard InChI is InChI=1S/C20H24N2O/c1-3-4-6-14-19(17-11-7-5-8-12-17)21-22-20(23)18-13-9-10-16(2)15-18/h5,7-13,15H,3-4,6,14H2,1-2H3,(H,22,23)/b21-19+. The lowest BCUT2D eigenvalue weighted by molar-refractivity contribution is 0.0954. The van der Waals surface area contributed by atoms with Crippen LogP contribution in [0.1, 0.15) is 54.1 Å². The van der Waals surface area contributed by atoms with Crippen LogP contribution in [0.2, 0.25) is 0 Å². The highest BCUT2D eigenvalue weighted by Crippen LogP contribution is 2.09. The van der Waals surface area contributed by atoms with E-state index < -0.39 is 0 Å². The summed E-state index contributed by atoms with van der Waals surface area (Å²) in [6.07, 6.45) is 4.27. The van der Waals surface area contributed by atoms with Crippen LogP contribution in [-0.2, 0) is 0 Å². The van der Waals surface area contributed by atoms with Crippen LogP contribution < -0.4 is 5.43 Å². The van der Waals surface area contributed by atoms with Gasteiger partial charge >= 0.3 is 0 Å². The Bertz CT molecular complexity index is 662. The molecule has 0 aliphatic carbocycles. The summed E-state index contributed by atoms with van der Waals surface area (Å²) < 4.78 is 0. The highest BCUT2D eigenvalue weighted by molar-refractivity contribution is 6.02. The monoisotopic (exact) mass is 308 g/mol. The van der Waals surface area contributed by atoms with Gasteiger partial charge in [0.1, 0.15) is 0 Å². The number of carbonyl (C=O) groups excluding carboxylic acids is 1. The second-order valence-electron chi connectivity index (χ2n) is 5.69. The van der Waals surface area contributed by atoms with Crippen LogP contribution in [0.4, 0.5) is 0 Å². The molecule has 0 aliphatic rings. The zero-order chi connectivity index (χ0) is 16.5. The number of hydrazone groups is 1. The second-order valence-corrected chi connectivity index (χ2v) is 5.69. The maximum Gasteiger partial charge on any atom is 0.271 e. The number of carbonyl (C=O) groups is 1.